The summed E-state index contributed by atoms with van der Waals surface area (Å²) >= 11 is 10.4. The molecular formula is C12H12O2S3. The minimum Gasteiger partial charge on any atom is -0.458 e. The molecule has 1 aromatic carbocycles. The number of thiocarbonyl (C=S) groups is 1. The van der Waals surface area contributed by atoms with E-state index in [1.54, 1.807) is 12.1 Å². The number of thioether (sulfide) groups is 1. The van der Waals surface area contributed by atoms with Crippen molar-refractivity contribution >= 4 is 46.1 Å². The van der Waals surface area contributed by atoms with E-state index in [4.69, 9.17) is 17.0 Å². The van der Waals surface area contributed by atoms with E-state index >= 15 is 0 Å². The van der Waals surface area contributed by atoms with Gasteiger partial charge in [-0.2, -0.15) is 0 Å². The highest BCUT2D eigenvalue weighted by Crippen LogP contribution is 2.16. The van der Waals surface area contributed by atoms with Crippen LogP contribution in [0, 0.1) is 0 Å². The van der Waals surface area contributed by atoms with E-state index in [-0.39, 0.29) is 12.6 Å². The molecule has 0 aliphatic rings. The Labute approximate surface area is 116 Å². The van der Waals surface area contributed by atoms with E-state index in [2.05, 4.69) is 19.2 Å². The summed E-state index contributed by atoms with van der Waals surface area (Å²) < 4.78 is 5.53. The highest BCUT2D eigenvalue weighted by molar-refractivity contribution is 8.41. The third-order valence-electron chi connectivity index (χ3n) is 1.88. The van der Waals surface area contributed by atoms with Gasteiger partial charge in [0.1, 0.15) is 10.1 Å². The average molecular weight is 284 g/mol. The molecule has 0 fully saturated rings. The normalized spacial score (nSPS) is 9.71. The van der Waals surface area contributed by atoms with Crippen LogP contribution in [-0.2, 0) is 10.5 Å². The van der Waals surface area contributed by atoms with Crippen LogP contribution in [0.3, 0.4) is 0 Å². The maximum Gasteiger partial charge on any atom is 0.338 e. The lowest BCUT2D eigenvalue weighted by Crippen LogP contribution is -2.04. The third-order valence-corrected chi connectivity index (χ3v) is 3.35. The molecule has 0 amide bonds. The molecule has 1 rings (SSSR count). The minimum absolute atomic E-state index is 0.227. The van der Waals surface area contributed by atoms with Crippen LogP contribution in [0.1, 0.15) is 15.9 Å². The fraction of sp³-hybridized carbons (Fsp3) is 0.167. The first-order chi connectivity index (χ1) is 8.13. The molecule has 0 bridgehead atoms. The molecule has 0 spiro atoms. The van der Waals surface area contributed by atoms with Crippen LogP contribution in [0.5, 0.6) is 0 Å². The lowest BCUT2D eigenvalue weighted by molar-refractivity contribution is 0.0550. The molecular weight excluding hydrogens is 272 g/mol. The Morgan fingerprint density at radius 2 is 2.12 bits per heavy atom. The Bertz CT molecular complexity index is 412. The van der Waals surface area contributed by atoms with Crippen LogP contribution in [0.25, 0.3) is 0 Å². The molecule has 90 valence electrons. The molecule has 2 nitrogen and oxygen atoms in total. The number of carbonyl (C=O) groups excluding carboxylic acids is 1. The monoisotopic (exact) mass is 284 g/mol. The number of thiol groups is 1. The van der Waals surface area contributed by atoms with Crippen LogP contribution in [0.2, 0.25) is 0 Å². The second-order valence-corrected chi connectivity index (χ2v) is 5.84. The van der Waals surface area contributed by atoms with Gasteiger partial charge in [0, 0.05) is 5.75 Å². The molecule has 0 aliphatic carbocycles. The quantitative estimate of drug-likeness (QED) is 0.387. The predicted octanol–water partition coefficient (Wildman–Crippen LogP) is 3.48. The number of benzene rings is 1. The van der Waals surface area contributed by atoms with Gasteiger partial charge in [-0.15, -0.1) is 24.4 Å². The van der Waals surface area contributed by atoms with Crippen molar-refractivity contribution < 1.29 is 9.53 Å². The molecule has 0 N–H and O–H groups in total. The van der Waals surface area contributed by atoms with E-state index in [1.165, 1.54) is 17.8 Å². The molecule has 0 aromatic heterocycles. The number of ether oxygens (including phenoxy) is 1. The highest BCUT2D eigenvalue weighted by atomic mass is 32.2. The Morgan fingerprint density at radius 3 is 2.65 bits per heavy atom. The van der Waals surface area contributed by atoms with Gasteiger partial charge in [0.15, 0.2) is 0 Å². The van der Waals surface area contributed by atoms with Gasteiger partial charge in [0.05, 0.1) is 5.56 Å². The molecule has 0 saturated heterocycles. The molecule has 0 aliphatic heterocycles. The van der Waals surface area contributed by atoms with Gasteiger partial charge in [-0.1, -0.05) is 37.0 Å². The summed E-state index contributed by atoms with van der Waals surface area (Å²) in [5.41, 5.74) is 1.63. The van der Waals surface area contributed by atoms with Crippen molar-refractivity contribution in [3.8, 4) is 0 Å². The topological polar surface area (TPSA) is 26.3 Å². The first-order valence-corrected chi connectivity index (χ1v) is 6.70. The maximum atomic E-state index is 11.5. The number of hydrogen-bond donors (Lipinski definition) is 1. The summed E-state index contributed by atoms with van der Waals surface area (Å²) in [5.74, 6) is 0.415. The van der Waals surface area contributed by atoms with E-state index in [0.717, 1.165) is 11.3 Å². The summed E-state index contributed by atoms with van der Waals surface area (Å²) in [5, 5.41) is 0. The van der Waals surface area contributed by atoms with Gasteiger partial charge in [-0.05, 0) is 17.7 Å². The van der Waals surface area contributed by atoms with Gasteiger partial charge < -0.3 is 4.74 Å². The van der Waals surface area contributed by atoms with Gasteiger partial charge >= 0.3 is 5.97 Å². The number of carbonyl (C=O) groups is 1. The molecule has 0 saturated carbocycles. The average Bonchev–Trinajstić information content (AvgIpc) is 2.34. The van der Waals surface area contributed by atoms with Crippen LogP contribution < -0.4 is 0 Å². The van der Waals surface area contributed by atoms with Crippen molar-refractivity contribution in [1.29, 1.82) is 0 Å². The summed E-state index contributed by atoms with van der Waals surface area (Å²) in [4.78, 5) is 11.5. The first-order valence-electron chi connectivity index (χ1n) is 4.86. The van der Waals surface area contributed by atoms with Crippen LogP contribution >= 0.6 is 36.6 Å². The summed E-state index contributed by atoms with van der Waals surface area (Å²) in [7, 11) is 0. The Morgan fingerprint density at radius 1 is 1.47 bits per heavy atom. The fourth-order valence-corrected chi connectivity index (χ4v) is 1.95. The van der Waals surface area contributed by atoms with Gasteiger partial charge in [0.2, 0.25) is 0 Å². The Balaban J connectivity index is 2.57. The fourth-order valence-electron chi connectivity index (χ4n) is 1.10. The molecule has 0 atom stereocenters. The van der Waals surface area contributed by atoms with Crippen molar-refractivity contribution in [2.45, 2.75) is 5.75 Å². The zero-order chi connectivity index (χ0) is 12.7. The Kier molecular flexibility index (Phi) is 6.32. The zero-order valence-electron chi connectivity index (χ0n) is 9.09. The van der Waals surface area contributed by atoms with Crippen molar-refractivity contribution in [1.82, 2.24) is 0 Å². The summed E-state index contributed by atoms with van der Waals surface area (Å²) in [6.07, 6.45) is 1.54. The largest absolute Gasteiger partial charge is 0.458 e. The van der Waals surface area contributed by atoms with Crippen LogP contribution in [0.4, 0.5) is 0 Å². The summed E-state index contributed by atoms with van der Waals surface area (Å²) in [6.45, 7) is 3.71. The third kappa shape index (κ3) is 5.39. The van der Waals surface area contributed by atoms with Gasteiger partial charge in [0.25, 0.3) is 0 Å². The molecule has 1 aromatic rings. The van der Waals surface area contributed by atoms with Crippen LogP contribution in [-0.4, -0.2) is 16.1 Å². The minimum atomic E-state index is -0.339. The van der Waals surface area contributed by atoms with Crippen molar-refractivity contribution in [2.75, 3.05) is 6.61 Å². The molecule has 5 heteroatoms. The maximum absolute atomic E-state index is 11.5. The molecule has 17 heavy (non-hydrogen) atoms. The number of esters is 1. The summed E-state index contributed by atoms with van der Waals surface area (Å²) in [6, 6.07) is 7.23. The second kappa shape index (κ2) is 7.53. The Hall–Kier alpha value is -0.780. The van der Waals surface area contributed by atoms with E-state index in [9.17, 15) is 4.79 Å². The van der Waals surface area contributed by atoms with E-state index in [1.807, 2.05) is 12.1 Å². The molecule has 0 heterocycles. The lowest BCUT2D eigenvalue weighted by atomic mass is 10.1. The van der Waals surface area contributed by atoms with E-state index in [0.29, 0.717) is 9.09 Å². The van der Waals surface area contributed by atoms with Crippen molar-refractivity contribution in [3.05, 3.63) is 48.0 Å². The van der Waals surface area contributed by atoms with Crippen LogP contribution in [0.15, 0.2) is 36.9 Å². The smallest absolute Gasteiger partial charge is 0.338 e. The number of hydrogen-bond acceptors (Lipinski definition) is 4. The zero-order valence-corrected chi connectivity index (χ0v) is 11.6. The molecule has 0 unspecified atom stereocenters. The second-order valence-electron chi connectivity index (χ2n) is 3.14. The van der Waals surface area contributed by atoms with E-state index < -0.39 is 0 Å². The SMILES string of the molecule is C=CCOC(=O)c1ccc(CSC(=S)S)cc1. The van der Waals surface area contributed by atoms with Gasteiger partial charge in [-0.3, -0.25) is 0 Å². The first kappa shape index (κ1) is 14.3. The van der Waals surface area contributed by atoms with Crippen molar-refractivity contribution in [3.63, 3.8) is 0 Å². The predicted molar refractivity (Wildman–Crippen MR) is 79.8 cm³/mol. The van der Waals surface area contributed by atoms with Gasteiger partial charge in [-0.25, -0.2) is 4.79 Å². The number of rotatable bonds is 5. The van der Waals surface area contributed by atoms with Crippen molar-refractivity contribution in [2.24, 2.45) is 0 Å². The lowest BCUT2D eigenvalue weighted by Gasteiger charge is -2.03. The highest BCUT2D eigenvalue weighted by Gasteiger charge is 2.05. The standard InChI is InChI=1S/C12H12O2S3/c1-2-7-14-11(13)10-5-3-9(4-6-10)8-17-12(15)16/h2-6H,1,7-8H2,(H,15,16). The molecule has 0 radical (unpaired) electrons.